The Morgan fingerprint density at radius 1 is 1.00 bits per heavy atom. The van der Waals surface area contributed by atoms with E-state index in [0.717, 1.165) is 16.9 Å². The molecule has 0 atom stereocenters. The molecule has 0 aliphatic carbocycles. The van der Waals surface area contributed by atoms with Crippen molar-refractivity contribution in [2.24, 2.45) is 5.73 Å². The molecule has 4 N–H and O–H groups in total. The lowest BCUT2D eigenvalue weighted by atomic mass is 9.99. The van der Waals surface area contributed by atoms with Crippen LogP contribution in [0.4, 0.5) is 17.1 Å². The smallest absolute Gasteiger partial charge is 0.258 e. The minimum Gasteiger partial charge on any atom is -0.493 e. The molecule has 4 rings (SSSR count). The second-order valence-electron chi connectivity index (χ2n) is 7.65. The van der Waals surface area contributed by atoms with E-state index in [4.69, 9.17) is 15.2 Å². The van der Waals surface area contributed by atoms with Crippen molar-refractivity contribution in [3.05, 3.63) is 77.9 Å². The number of nitrogens with one attached hydrogen (secondary N) is 2. The summed E-state index contributed by atoms with van der Waals surface area (Å²) in [6.45, 7) is -0.0659. The maximum absolute atomic E-state index is 13.1. The summed E-state index contributed by atoms with van der Waals surface area (Å²) in [5.74, 6) is 0.640. The molecule has 8 nitrogen and oxygen atoms in total. The molecule has 1 aliphatic rings. The van der Waals surface area contributed by atoms with E-state index in [1.807, 2.05) is 54.6 Å². The fourth-order valence-corrected chi connectivity index (χ4v) is 3.82. The van der Waals surface area contributed by atoms with Crippen LogP contribution in [-0.2, 0) is 9.59 Å². The SMILES string of the molecule is COc1cc2c(cc1OC)/C(=C(/Nc1ccc(N(C)C(=O)CN)cc1)c1ccccc1)C(=O)N2. The van der Waals surface area contributed by atoms with E-state index in [9.17, 15) is 9.59 Å². The normalized spacial score (nSPS) is 13.6. The van der Waals surface area contributed by atoms with Gasteiger partial charge in [-0.15, -0.1) is 0 Å². The van der Waals surface area contributed by atoms with E-state index >= 15 is 0 Å². The van der Waals surface area contributed by atoms with E-state index in [1.54, 1.807) is 33.4 Å². The number of hydrogen-bond donors (Lipinski definition) is 3. The van der Waals surface area contributed by atoms with Gasteiger partial charge < -0.3 is 30.7 Å². The Bertz CT molecular complexity index is 1250. The molecule has 0 unspecified atom stereocenters. The average molecular weight is 459 g/mol. The summed E-state index contributed by atoms with van der Waals surface area (Å²) in [7, 11) is 4.79. The molecule has 0 radical (unpaired) electrons. The first-order valence-corrected chi connectivity index (χ1v) is 10.7. The Kier molecular flexibility index (Phi) is 6.51. The van der Waals surface area contributed by atoms with Gasteiger partial charge in [-0.2, -0.15) is 0 Å². The van der Waals surface area contributed by atoms with Crippen LogP contribution in [0, 0.1) is 0 Å². The minimum absolute atomic E-state index is 0.0659. The number of nitrogens with zero attached hydrogens (tertiary/aromatic N) is 1. The zero-order chi connectivity index (χ0) is 24.2. The zero-order valence-corrected chi connectivity index (χ0v) is 19.2. The van der Waals surface area contributed by atoms with Gasteiger partial charge in [-0.25, -0.2) is 0 Å². The predicted octanol–water partition coefficient (Wildman–Crippen LogP) is 3.56. The van der Waals surface area contributed by atoms with Crippen LogP contribution in [0.1, 0.15) is 11.1 Å². The van der Waals surface area contributed by atoms with Crippen LogP contribution in [0.5, 0.6) is 11.5 Å². The average Bonchev–Trinajstić information content (AvgIpc) is 3.20. The van der Waals surface area contributed by atoms with Gasteiger partial charge in [-0.3, -0.25) is 9.59 Å². The summed E-state index contributed by atoms with van der Waals surface area (Å²) < 4.78 is 10.8. The number of nitrogens with two attached hydrogens (primary N) is 1. The molecule has 0 aromatic heterocycles. The first-order valence-electron chi connectivity index (χ1n) is 10.7. The predicted molar refractivity (Wildman–Crippen MR) is 134 cm³/mol. The van der Waals surface area contributed by atoms with Gasteiger partial charge in [0.2, 0.25) is 5.91 Å². The number of carbonyl (C=O) groups is 2. The van der Waals surface area contributed by atoms with Crippen molar-refractivity contribution in [3.8, 4) is 11.5 Å². The fraction of sp³-hybridized carbons (Fsp3) is 0.154. The van der Waals surface area contributed by atoms with E-state index in [0.29, 0.717) is 34.0 Å². The molecule has 1 aliphatic heterocycles. The van der Waals surface area contributed by atoms with Crippen LogP contribution in [0.15, 0.2) is 66.7 Å². The number of carbonyl (C=O) groups excluding carboxylic acids is 2. The first-order chi connectivity index (χ1) is 16.5. The molecule has 0 spiro atoms. The molecule has 2 amide bonds. The molecular weight excluding hydrogens is 432 g/mol. The van der Waals surface area contributed by atoms with E-state index in [1.165, 1.54) is 4.90 Å². The summed E-state index contributed by atoms with van der Waals surface area (Å²) in [6, 6.07) is 20.5. The number of likely N-dealkylation sites (N-methyl/N-ethyl adjacent to an activating group) is 1. The summed E-state index contributed by atoms with van der Waals surface area (Å²) in [5.41, 5.74) is 10.3. The van der Waals surface area contributed by atoms with Crippen molar-refractivity contribution in [1.82, 2.24) is 0 Å². The lowest BCUT2D eigenvalue weighted by Gasteiger charge is -2.18. The highest BCUT2D eigenvalue weighted by molar-refractivity contribution is 6.37. The quantitative estimate of drug-likeness (QED) is 0.468. The molecule has 0 saturated carbocycles. The van der Waals surface area contributed by atoms with Crippen molar-refractivity contribution in [3.63, 3.8) is 0 Å². The zero-order valence-electron chi connectivity index (χ0n) is 19.2. The molecular formula is C26H26N4O4. The third-order valence-electron chi connectivity index (χ3n) is 5.65. The van der Waals surface area contributed by atoms with Crippen LogP contribution in [-0.4, -0.2) is 39.6 Å². The van der Waals surface area contributed by atoms with Crippen LogP contribution < -0.4 is 30.7 Å². The molecule has 0 saturated heterocycles. The third kappa shape index (κ3) is 4.31. The number of ether oxygens (including phenoxy) is 2. The van der Waals surface area contributed by atoms with Crippen LogP contribution in [0.3, 0.4) is 0 Å². The summed E-state index contributed by atoms with van der Waals surface area (Å²) in [4.78, 5) is 26.5. The number of fused-ring (bicyclic) bond motifs is 1. The van der Waals surface area contributed by atoms with Crippen molar-refractivity contribution in [1.29, 1.82) is 0 Å². The maximum atomic E-state index is 13.1. The monoisotopic (exact) mass is 458 g/mol. The number of methoxy groups -OCH3 is 2. The highest BCUT2D eigenvalue weighted by atomic mass is 16.5. The van der Waals surface area contributed by atoms with E-state index < -0.39 is 0 Å². The number of anilines is 3. The molecule has 174 valence electrons. The van der Waals surface area contributed by atoms with Gasteiger partial charge in [0.05, 0.1) is 37.7 Å². The number of rotatable bonds is 7. The van der Waals surface area contributed by atoms with Crippen molar-refractivity contribution < 1.29 is 19.1 Å². The van der Waals surface area contributed by atoms with Gasteiger partial charge in [-0.1, -0.05) is 30.3 Å². The number of benzene rings is 3. The van der Waals surface area contributed by atoms with Crippen molar-refractivity contribution in [2.75, 3.05) is 43.3 Å². The summed E-state index contributed by atoms with van der Waals surface area (Å²) >= 11 is 0. The summed E-state index contributed by atoms with van der Waals surface area (Å²) in [6.07, 6.45) is 0. The molecule has 3 aromatic carbocycles. The van der Waals surface area contributed by atoms with Gasteiger partial charge in [0.15, 0.2) is 11.5 Å². The van der Waals surface area contributed by atoms with Gasteiger partial charge >= 0.3 is 0 Å². The largest absolute Gasteiger partial charge is 0.493 e. The fourth-order valence-electron chi connectivity index (χ4n) is 3.82. The van der Waals surface area contributed by atoms with Crippen molar-refractivity contribution in [2.45, 2.75) is 0 Å². The standard InChI is InChI=1S/C26H26N4O4/c1-30(23(31)15-27)18-11-9-17(10-12-18)28-25(16-7-5-4-6-8-16)24-19-13-21(33-2)22(34-3)14-20(19)29-26(24)32/h4-14,28H,15,27H2,1-3H3,(H,29,32)/b25-24-. The first kappa shape index (κ1) is 22.9. The molecule has 1 heterocycles. The minimum atomic E-state index is -0.235. The Hall–Kier alpha value is -4.30. The molecule has 3 aromatic rings. The Balaban J connectivity index is 1.80. The lowest BCUT2D eigenvalue weighted by molar-refractivity contribution is -0.117. The number of hydrogen-bond acceptors (Lipinski definition) is 6. The van der Waals surface area contributed by atoms with Crippen LogP contribution >= 0.6 is 0 Å². The molecule has 8 heteroatoms. The van der Waals surface area contributed by atoms with Gasteiger partial charge in [-0.05, 0) is 35.9 Å². The highest BCUT2D eigenvalue weighted by Crippen LogP contribution is 2.43. The highest BCUT2D eigenvalue weighted by Gasteiger charge is 2.30. The third-order valence-corrected chi connectivity index (χ3v) is 5.65. The lowest BCUT2D eigenvalue weighted by Crippen LogP contribution is -2.32. The Morgan fingerprint density at radius 3 is 2.26 bits per heavy atom. The number of amides is 2. The van der Waals surface area contributed by atoms with E-state index in [2.05, 4.69) is 10.6 Å². The van der Waals surface area contributed by atoms with Gasteiger partial charge in [0.25, 0.3) is 5.91 Å². The van der Waals surface area contributed by atoms with Crippen LogP contribution in [0.25, 0.3) is 11.3 Å². The van der Waals surface area contributed by atoms with Gasteiger partial charge in [0.1, 0.15) is 0 Å². The topological polar surface area (TPSA) is 106 Å². The molecule has 0 bridgehead atoms. The second kappa shape index (κ2) is 9.68. The molecule has 0 fully saturated rings. The summed E-state index contributed by atoms with van der Waals surface area (Å²) in [5, 5.41) is 6.33. The Morgan fingerprint density at radius 2 is 1.65 bits per heavy atom. The second-order valence-corrected chi connectivity index (χ2v) is 7.65. The van der Waals surface area contributed by atoms with E-state index in [-0.39, 0.29) is 18.4 Å². The Labute approximate surface area is 198 Å². The van der Waals surface area contributed by atoms with Crippen LogP contribution in [0.2, 0.25) is 0 Å². The van der Waals surface area contributed by atoms with Gasteiger partial charge in [0, 0.05) is 30.1 Å². The maximum Gasteiger partial charge on any atom is 0.258 e. The molecule has 34 heavy (non-hydrogen) atoms. The van der Waals surface area contributed by atoms with Crippen molar-refractivity contribution >= 4 is 40.1 Å².